The Hall–Kier alpha value is -1.19. The molecule has 0 saturated carbocycles. The van der Waals surface area contributed by atoms with E-state index in [4.69, 9.17) is 0 Å². The highest BCUT2D eigenvalue weighted by molar-refractivity contribution is 9.10. The summed E-state index contributed by atoms with van der Waals surface area (Å²) in [7, 11) is 1.94. The highest BCUT2D eigenvalue weighted by Gasteiger charge is 2.16. The van der Waals surface area contributed by atoms with Gasteiger partial charge in [0.05, 0.1) is 0 Å². The Morgan fingerprint density at radius 1 is 1.15 bits per heavy atom. The third kappa shape index (κ3) is 3.28. The molecule has 106 valence electrons. The minimum absolute atomic E-state index is 0.157. The second-order valence-corrected chi connectivity index (χ2v) is 5.94. The van der Waals surface area contributed by atoms with Crippen LogP contribution in [0.2, 0.25) is 0 Å². The smallest absolute Gasteiger partial charge is 0.124 e. The molecule has 0 heterocycles. The lowest BCUT2D eigenvalue weighted by molar-refractivity contribution is 0.580. The van der Waals surface area contributed by atoms with Gasteiger partial charge in [0, 0.05) is 10.5 Å². The van der Waals surface area contributed by atoms with Crippen LogP contribution in [0.15, 0.2) is 40.9 Å². The Kier molecular flexibility index (Phi) is 4.95. The lowest BCUT2D eigenvalue weighted by Crippen LogP contribution is -2.20. The maximum atomic E-state index is 13.2. The normalized spacial score (nSPS) is 12.4. The van der Waals surface area contributed by atoms with Crippen molar-refractivity contribution in [3.63, 3.8) is 0 Å². The van der Waals surface area contributed by atoms with Crippen molar-refractivity contribution in [2.45, 2.75) is 26.3 Å². The van der Waals surface area contributed by atoms with Gasteiger partial charge in [0.2, 0.25) is 0 Å². The van der Waals surface area contributed by atoms with Gasteiger partial charge in [-0.3, -0.25) is 0 Å². The second-order valence-electron chi connectivity index (χ2n) is 5.08. The van der Waals surface area contributed by atoms with Crippen molar-refractivity contribution in [3.05, 3.63) is 68.9 Å². The Labute approximate surface area is 128 Å². The van der Waals surface area contributed by atoms with E-state index in [1.54, 1.807) is 0 Å². The number of nitrogens with one attached hydrogen (secondary N) is 1. The first-order chi connectivity index (χ1) is 9.52. The molecular formula is C17H19BrFN. The molecule has 20 heavy (non-hydrogen) atoms. The molecule has 0 aliphatic heterocycles. The standard InChI is InChI=1S/C17H19BrFN/c1-11-5-4-6-12(2)15(11)10-17(20-3)14-8-7-13(19)9-16(14)18/h4-9,17,20H,10H2,1-3H3. The van der Waals surface area contributed by atoms with Crippen LogP contribution >= 0.6 is 15.9 Å². The molecule has 1 N–H and O–H groups in total. The Balaban J connectivity index is 2.34. The van der Waals surface area contributed by atoms with E-state index in [2.05, 4.69) is 53.3 Å². The van der Waals surface area contributed by atoms with Gasteiger partial charge in [-0.25, -0.2) is 4.39 Å². The van der Waals surface area contributed by atoms with Crippen molar-refractivity contribution in [2.75, 3.05) is 7.05 Å². The maximum Gasteiger partial charge on any atom is 0.124 e. The van der Waals surface area contributed by atoms with Gasteiger partial charge in [0.25, 0.3) is 0 Å². The van der Waals surface area contributed by atoms with Crippen molar-refractivity contribution < 1.29 is 4.39 Å². The first-order valence-electron chi connectivity index (χ1n) is 6.70. The first kappa shape index (κ1) is 15.2. The Morgan fingerprint density at radius 3 is 2.35 bits per heavy atom. The second kappa shape index (κ2) is 6.51. The van der Waals surface area contributed by atoms with E-state index < -0.39 is 0 Å². The summed E-state index contributed by atoms with van der Waals surface area (Å²) in [5.74, 6) is -0.220. The molecule has 0 spiro atoms. The molecule has 3 heteroatoms. The van der Waals surface area contributed by atoms with Crippen LogP contribution in [0.3, 0.4) is 0 Å². The molecule has 2 aromatic rings. The maximum absolute atomic E-state index is 13.2. The molecule has 1 nitrogen and oxygen atoms in total. The monoisotopic (exact) mass is 335 g/mol. The molecule has 0 aromatic heterocycles. The van der Waals surface area contributed by atoms with Crippen LogP contribution in [0.4, 0.5) is 4.39 Å². The molecule has 1 unspecified atom stereocenters. The van der Waals surface area contributed by atoms with Gasteiger partial charge in [-0.15, -0.1) is 0 Å². The SMILES string of the molecule is CNC(Cc1c(C)cccc1C)c1ccc(F)cc1Br. The van der Waals surface area contributed by atoms with E-state index in [-0.39, 0.29) is 11.9 Å². The summed E-state index contributed by atoms with van der Waals surface area (Å²) in [6, 6.07) is 11.4. The van der Waals surface area contributed by atoms with Gasteiger partial charge in [0.15, 0.2) is 0 Å². The number of hydrogen-bond donors (Lipinski definition) is 1. The summed E-state index contributed by atoms with van der Waals surface area (Å²) in [4.78, 5) is 0. The van der Waals surface area contributed by atoms with E-state index in [1.165, 1.54) is 28.8 Å². The number of benzene rings is 2. The highest BCUT2D eigenvalue weighted by Crippen LogP contribution is 2.28. The van der Waals surface area contributed by atoms with Crippen LogP contribution in [0.1, 0.15) is 28.3 Å². The lowest BCUT2D eigenvalue weighted by Gasteiger charge is -2.20. The molecule has 0 aliphatic carbocycles. The quantitative estimate of drug-likeness (QED) is 0.853. The Morgan fingerprint density at radius 2 is 1.80 bits per heavy atom. The van der Waals surface area contributed by atoms with Gasteiger partial charge >= 0.3 is 0 Å². The largest absolute Gasteiger partial charge is 0.313 e. The van der Waals surface area contributed by atoms with Crippen molar-refractivity contribution in [2.24, 2.45) is 0 Å². The van der Waals surface area contributed by atoms with Gasteiger partial charge in [-0.05, 0) is 61.7 Å². The topological polar surface area (TPSA) is 12.0 Å². The summed E-state index contributed by atoms with van der Waals surface area (Å²) < 4.78 is 14.0. The number of rotatable bonds is 4. The summed E-state index contributed by atoms with van der Waals surface area (Å²) in [6.45, 7) is 4.27. The molecule has 1 atom stereocenters. The van der Waals surface area contributed by atoms with Crippen molar-refractivity contribution in [1.82, 2.24) is 5.32 Å². The zero-order chi connectivity index (χ0) is 14.7. The number of hydrogen-bond acceptors (Lipinski definition) is 1. The average molecular weight is 336 g/mol. The molecule has 2 aromatic carbocycles. The predicted molar refractivity (Wildman–Crippen MR) is 85.5 cm³/mol. The minimum atomic E-state index is -0.220. The van der Waals surface area contributed by atoms with Gasteiger partial charge in [0.1, 0.15) is 5.82 Å². The first-order valence-corrected chi connectivity index (χ1v) is 7.49. The van der Waals surface area contributed by atoms with E-state index in [1.807, 2.05) is 13.1 Å². The molecule has 0 fully saturated rings. The zero-order valence-corrected chi connectivity index (χ0v) is 13.6. The van der Waals surface area contributed by atoms with Crippen LogP contribution in [-0.4, -0.2) is 7.05 Å². The van der Waals surface area contributed by atoms with Crippen LogP contribution in [0, 0.1) is 19.7 Å². The zero-order valence-electron chi connectivity index (χ0n) is 12.0. The fourth-order valence-electron chi connectivity index (χ4n) is 2.53. The molecule has 2 rings (SSSR count). The fourth-order valence-corrected chi connectivity index (χ4v) is 3.15. The summed E-state index contributed by atoms with van der Waals surface area (Å²) >= 11 is 3.46. The molecule has 0 saturated heterocycles. The molecular weight excluding hydrogens is 317 g/mol. The number of aryl methyl sites for hydroxylation is 2. The van der Waals surface area contributed by atoms with E-state index in [9.17, 15) is 4.39 Å². The van der Waals surface area contributed by atoms with Gasteiger partial charge < -0.3 is 5.32 Å². The summed E-state index contributed by atoms with van der Waals surface area (Å²) in [6.07, 6.45) is 0.888. The van der Waals surface area contributed by atoms with E-state index >= 15 is 0 Å². The van der Waals surface area contributed by atoms with Crippen molar-refractivity contribution in [1.29, 1.82) is 0 Å². The average Bonchev–Trinajstić information content (AvgIpc) is 2.40. The lowest BCUT2D eigenvalue weighted by atomic mass is 9.93. The van der Waals surface area contributed by atoms with Crippen LogP contribution in [0.25, 0.3) is 0 Å². The summed E-state index contributed by atoms with van der Waals surface area (Å²) in [5.41, 5.74) is 5.02. The number of halogens is 2. The van der Waals surface area contributed by atoms with E-state index in [0.29, 0.717) is 0 Å². The van der Waals surface area contributed by atoms with Gasteiger partial charge in [-0.2, -0.15) is 0 Å². The minimum Gasteiger partial charge on any atom is -0.313 e. The van der Waals surface area contributed by atoms with Crippen molar-refractivity contribution in [3.8, 4) is 0 Å². The fraction of sp³-hybridized carbons (Fsp3) is 0.294. The molecule has 0 aliphatic rings. The molecule has 0 radical (unpaired) electrons. The molecule has 0 bridgehead atoms. The third-order valence-corrected chi connectivity index (χ3v) is 4.43. The third-order valence-electron chi connectivity index (χ3n) is 3.74. The van der Waals surface area contributed by atoms with Crippen LogP contribution < -0.4 is 5.32 Å². The number of likely N-dealkylation sites (N-methyl/N-ethyl adjacent to an activating group) is 1. The van der Waals surface area contributed by atoms with Crippen LogP contribution in [0.5, 0.6) is 0 Å². The van der Waals surface area contributed by atoms with Crippen molar-refractivity contribution >= 4 is 15.9 Å². The summed E-state index contributed by atoms with van der Waals surface area (Å²) in [5, 5.41) is 3.33. The Bertz CT molecular complexity index is 590. The highest BCUT2D eigenvalue weighted by atomic mass is 79.9. The van der Waals surface area contributed by atoms with E-state index in [0.717, 1.165) is 16.5 Å². The molecule has 0 amide bonds. The van der Waals surface area contributed by atoms with Gasteiger partial charge in [-0.1, -0.05) is 40.2 Å². The van der Waals surface area contributed by atoms with Crippen LogP contribution in [-0.2, 0) is 6.42 Å². The predicted octanol–water partition coefficient (Wildman–Crippen LogP) is 4.71.